The molecular weight excluding hydrogens is 1910 g/mol. The van der Waals surface area contributed by atoms with Gasteiger partial charge in [-0.1, -0.05) is 217 Å². The number of hydrogen-bond donors (Lipinski definition) is 0. The van der Waals surface area contributed by atoms with E-state index >= 15 is 0 Å². The van der Waals surface area contributed by atoms with Gasteiger partial charge in [0.25, 0.3) is 0 Å². The molecule has 0 N–H and O–H groups in total. The molecule has 144 heavy (non-hydrogen) atoms. The van der Waals surface area contributed by atoms with Crippen LogP contribution in [-0.2, 0) is 108 Å². The Hall–Kier alpha value is -10.8. The fourth-order valence-corrected chi connectivity index (χ4v) is 23.0. The van der Waals surface area contributed by atoms with Gasteiger partial charge in [0.05, 0.1) is 198 Å². The number of ether oxygens (including phenoxy) is 24. The molecule has 7 heterocycles. The Morgan fingerprint density at radius 1 is 0.104 bits per heavy atom. The molecule has 0 radical (unpaired) electrons. The van der Waals surface area contributed by atoms with E-state index in [0.29, 0.717) is 207 Å². The number of rotatable bonds is 0. The lowest BCUT2D eigenvalue weighted by atomic mass is 9.91. The van der Waals surface area contributed by atoms with Crippen LogP contribution < -0.4 is 56.8 Å². The summed E-state index contributed by atoms with van der Waals surface area (Å²) < 4.78 is 160. The van der Waals surface area contributed by atoms with E-state index in [2.05, 4.69) is 218 Å². The minimum atomic E-state index is 0.191. The van der Waals surface area contributed by atoms with Gasteiger partial charge in [-0.3, -0.25) is 0 Å². The van der Waals surface area contributed by atoms with Crippen molar-refractivity contribution in [1.82, 2.24) is 0 Å². The average Bonchev–Trinajstić information content (AvgIpc) is 0.790. The van der Waals surface area contributed by atoms with Gasteiger partial charge < -0.3 is 114 Å². The standard InChI is InChI=1S/C116H124O24S4/c1-13-81-73-89-21-5-23-91-75-83-15-2-16-84-76-92-24-6-22-90(74-82(14-1)105(81)129-61-49-121-45-41-117-37-38-118-42-46-122-50-62-130-106(83)84)110(92)134-66-54-126-58-70-138-114-99-31-10-32-100(114)144-104-36-12-34-102-116(104)140-72-60-128-56-68-136-112-94-26-8-28-96(112)80-88-20-4-19-87-79-95-27-7-25-93(77-85-17-3-18-86(78-94)107(85)131-63-51-123-47-43-119-39-40-120-44-48-124-52-64-132-108(87)88)111(95)135-67-55-127-59-71-139-115-101(33-11-35-103(115)143-99)141-97-29-9-30-98(142-102)113(97)137-69-57-125-53-65-133-109(89)91/h1-36H,37-80H2. The predicted molar refractivity (Wildman–Crippen MR) is 552 cm³/mol. The summed E-state index contributed by atoms with van der Waals surface area (Å²) in [7, 11) is 0. The Labute approximate surface area is 859 Å². The molecule has 21 rings (SSSR count). The second-order valence-electron chi connectivity index (χ2n) is 34.9. The fourth-order valence-electron chi connectivity index (χ4n) is 18.5. The van der Waals surface area contributed by atoms with Gasteiger partial charge in [0, 0.05) is 51.4 Å². The van der Waals surface area contributed by atoms with E-state index in [-0.39, 0.29) is 106 Å². The van der Waals surface area contributed by atoms with Crippen molar-refractivity contribution in [2.24, 2.45) is 0 Å². The van der Waals surface area contributed by atoms with Crippen LogP contribution in [0.1, 0.15) is 89.0 Å². The monoisotopic (exact) mass is 2030 g/mol. The maximum absolute atomic E-state index is 7.21. The van der Waals surface area contributed by atoms with Crippen LogP contribution in [0.2, 0.25) is 0 Å². The third kappa shape index (κ3) is 27.7. The molecule has 2 aliphatic carbocycles. The number of benzene rings is 12. The Morgan fingerprint density at radius 3 is 0.306 bits per heavy atom. The van der Waals surface area contributed by atoms with Crippen molar-refractivity contribution in [3.63, 3.8) is 0 Å². The van der Waals surface area contributed by atoms with Crippen LogP contribution in [0.5, 0.6) is 69.0 Å². The molecule has 0 aromatic heterocycles. The lowest BCUT2D eigenvalue weighted by Gasteiger charge is -2.23. The zero-order valence-electron chi connectivity index (χ0n) is 81.3. The lowest BCUT2D eigenvalue weighted by molar-refractivity contribution is -0.00706. The third-order valence-corrected chi connectivity index (χ3v) is 29.4. The van der Waals surface area contributed by atoms with Gasteiger partial charge in [-0.15, -0.1) is 0 Å². The largest absolute Gasteiger partial charge is 0.491 e. The Balaban J connectivity index is 0.666. The van der Waals surface area contributed by atoms with Crippen molar-refractivity contribution < 1.29 is 114 Å². The minimum absolute atomic E-state index is 0.191. The number of para-hydroxylation sites is 12. The molecule has 9 aliphatic rings. The summed E-state index contributed by atoms with van der Waals surface area (Å²) in [5.41, 5.74) is 15.8. The summed E-state index contributed by atoms with van der Waals surface area (Å²) in [4.78, 5) is 6.78. The van der Waals surface area contributed by atoms with E-state index in [1.807, 2.05) is 0 Å². The fraction of sp³-hybridized carbons (Fsp3) is 0.379. The smallest absolute Gasteiger partial charge is 0.147 e. The van der Waals surface area contributed by atoms with E-state index in [9.17, 15) is 0 Å². The first-order valence-electron chi connectivity index (χ1n) is 50.1. The van der Waals surface area contributed by atoms with Gasteiger partial charge in [-0.05, 0) is 138 Å². The summed E-state index contributed by atoms with van der Waals surface area (Å²) in [5.74, 6) is 8.79. The SMILES string of the molecule is c1cc2c3c(c1)Cc1cccc4c1OCCOCCOc1c5cccc1Sc1cccc6c1OCCOCCOc1c7cccc1Cc1cccc8c1OCCOCCOCCOCCOCCOc1c(cccc1C7)Cc1cccc(c1OCCOCCOc1c(cccc1S5)Sc1cccc(c1OCCOCCOc1c(cccc1Cc1cccc(c1OCCOCCOCCOCCOCCO3)C4)C2)S6)C8. The van der Waals surface area contributed by atoms with Crippen LogP contribution in [-0.4, -0.2) is 238 Å². The molecule has 0 spiro atoms. The Kier molecular flexibility index (Phi) is 38.2. The first-order chi connectivity index (χ1) is 71.5. The average molecular weight is 2030 g/mol. The van der Waals surface area contributed by atoms with Crippen LogP contribution >= 0.6 is 47.0 Å². The zero-order valence-corrected chi connectivity index (χ0v) is 84.6. The van der Waals surface area contributed by atoms with E-state index in [1.165, 1.54) is 0 Å². The molecule has 7 aliphatic heterocycles. The van der Waals surface area contributed by atoms with Gasteiger partial charge in [-0.2, -0.15) is 0 Å². The summed E-state index contributed by atoms with van der Waals surface area (Å²) in [6, 6.07) is 76.5. The Bertz CT molecular complexity index is 5210. The summed E-state index contributed by atoms with van der Waals surface area (Å²) in [6.07, 6.45) is 3.88. The highest BCUT2D eigenvalue weighted by Crippen LogP contribution is 2.55. The highest BCUT2D eigenvalue weighted by atomic mass is 32.2. The topological polar surface area (TPSA) is 222 Å². The maximum Gasteiger partial charge on any atom is 0.147 e. The molecule has 0 saturated heterocycles. The van der Waals surface area contributed by atoms with Crippen LogP contribution in [0.4, 0.5) is 0 Å². The molecule has 36 bridgehead atoms. The molecule has 0 amide bonds. The molecule has 24 nitrogen and oxygen atoms in total. The lowest BCUT2D eigenvalue weighted by Crippen LogP contribution is -2.15. The number of fused-ring (bicyclic) bond motifs is 24. The highest BCUT2D eigenvalue weighted by Gasteiger charge is 2.30. The quantitative estimate of drug-likeness (QED) is 0.129. The van der Waals surface area contributed by atoms with E-state index < -0.39 is 0 Å². The molecule has 12 aromatic carbocycles. The third-order valence-electron chi connectivity index (χ3n) is 25.0. The van der Waals surface area contributed by atoms with Crippen molar-refractivity contribution in [1.29, 1.82) is 0 Å². The molecule has 12 aromatic rings. The second kappa shape index (κ2) is 54.0. The summed E-state index contributed by atoms with van der Waals surface area (Å²) in [6.45, 7) is 11.2. The first-order valence-corrected chi connectivity index (χ1v) is 53.3. The highest BCUT2D eigenvalue weighted by molar-refractivity contribution is 8.01. The number of hydrogen-bond acceptors (Lipinski definition) is 28. The zero-order chi connectivity index (χ0) is 97.2. The van der Waals surface area contributed by atoms with Crippen LogP contribution in [0, 0.1) is 0 Å². The molecule has 0 atom stereocenters. The van der Waals surface area contributed by atoms with Gasteiger partial charge in [0.2, 0.25) is 0 Å². The normalized spacial score (nSPS) is 17.8. The Morgan fingerprint density at radius 2 is 0.194 bits per heavy atom. The minimum Gasteiger partial charge on any atom is -0.491 e. The van der Waals surface area contributed by atoms with Crippen molar-refractivity contribution in [3.05, 3.63) is 307 Å². The van der Waals surface area contributed by atoms with E-state index in [4.69, 9.17) is 114 Å². The maximum atomic E-state index is 7.21. The van der Waals surface area contributed by atoms with Crippen molar-refractivity contribution in [2.45, 2.75) is 90.5 Å². The van der Waals surface area contributed by atoms with Crippen LogP contribution in [0.15, 0.2) is 258 Å². The summed E-state index contributed by atoms with van der Waals surface area (Å²) >= 11 is 6.26. The van der Waals surface area contributed by atoms with E-state index in [1.54, 1.807) is 47.0 Å². The molecular formula is C116H124O24S4. The summed E-state index contributed by atoms with van der Waals surface area (Å²) in [5, 5.41) is 0. The van der Waals surface area contributed by atoms with Gasteiger partial charge >= 0.3 is 0 Å². The van der Waals surface area contributed by atoms with E-state index in [0.717, 1.165) is 174 Å². The van der Waals surface area contributed by atoms with Gasteiger partial charge in [0.15, 0.2) is 0 Å². The van der Waals surface area contributed by atoms with Crippen LogP contribution in [0.3, 0.4) is 0 Å². The van der Waals surface area contributed by atoms with Crippen LogP contribution in [0.25, 0.3) is 0 Å². The van der Waals surface area contributed by atoms with Crippen molar-refractivity contribution >= 4 is 47.0 Å². The predicted octanol–water partition coefficient (Wildman–Crippen LogP) is 20.2. The van der Waals surface area contributed by atoms with Crippen molar-refractivity contribution in [3.8, 4) is 69.0 Å². The molecule has 756 valence electrons. The second-order valence-corrected chi connectivity index (χ2v) is 39.3. The molecule has 0 saturated carbocycles. The molecule has 0 fully saturated rings. The first kappa shape index (κ1) is 102. The van der Waals surface area contributed by atoms with Gasteiger partial charge in [0.1, 0.15) is 148 Å². The molecule has 28 heteroatoms. The van der Waals surface area contributed by atoms with Crippen molar-refractivity contribution in [2.75, 3.05) is 238 Å². The van der Waals surface area contributed by atoms with Gasteiger partial charge in [-0.25, -0.2) is 0 Å². The molecule has 0 unspecified atom stereocenters.